The molecule has 4 nitrogen and oxygen atoms in total. The fourth-order valence-corrected chi connectivity index (χ4v) is 2.55. The van der Waals surface area contributed by atoms with Gasteiger partial charge in [0.15, 0.2) is 0 Å². The van der Waals surface area contributed by atoms with Crippen molar-refractivity contribution in [1.82, 2.24) is 10.6 Å². The van der Waals surface area contributed by atoms with Gasteiger partial charge in [0.05, 0.1) is 12.5 Å². The Balaban J connectivity index is 0.00000264. The SMILES string of the molecule is Cc1ccc(CNC(=O)C2CCNC2)c(OCCC(C)C)c1.Cl. The first-order chi connectivity index (χ1) is 10.6. The van der Waals surface area contributed by atoms with Crippen molar-refractivity contribution in [2.75, 3.05) is 19.7 Å². The third-order valence-corrected chi connectivity index (χ3v) is 4.06. The van der Waals surface area contributed by atoms with Crippen molar-refractivity contribution in [3.05, 3.63) is 29.3 Å². The highest BCUT2D eigenvalue weighted by Crippen LogP contribution is 2.21. The molecule has 1 amide bonds. The van der Waals surface area contributed by atoms with E-state index in [0.29, 0.717) is 19.1 Å². The Labute approximate surface area is 145 Å². The zero-order valence-electron chi connectivity index (χ0n) is 14.4. The highest BCUT2D eigenvalue weighted by molar-refractivity contribution is 5.85. The molecule has 5 heteroatoms. The molecule has 1 aliphatic heterocycles. The summed E-state index contributed by atoms with van der Waals surface area (Å²) in [6, 6.07) is 6.17. The van der Waals surface area contributed by atoms with E-state index < -0.39 is 0 Å². The molecule has 1 atom stereocenters. The molecule has 2 rings (SSSR count). The average Bonchev–Trinajstić information content (AvgIpc) is 3.00. The molecule has 1 aromatic carbocycles. The van der Waals surface area contributed by atoms with Crippen LogP contribution in [0.5, 0.6) is 5.75 Å². The lowest BCUT2D eigenvalue weighted by Crippen LogP contribution is -2.31. The number of carbonyl (C=O) groups excluding carboxylic acids is 1. The number of hydrogen-bond acceptors (Lipinski definition) is 3. The van der Waals surface area contributed by atoms with Crippen LogP contribution in [0, 0.1) is 18.8 Å². The summed E-state index contributed by atoms with van der Waals surface area (Å²) in [7, 11) is 0. The van der Waals surface area contributed by atoms with E-state index in [4.69, 9.17) is 4.74 Å². The minimum atomic E-state index is 0. The zero-order valence-corrected chi connectivity index (χ0v) is 15.2. The maximum atomic E-state index is 12.1. The van der Waals surface area contributed by atoms with Crippen molar-refractivity contribution < 1.29 is 9.53 Å². The van der Waals surface area contributed by atoms with Crippen LogP contribution in [-0.4, -0.2) is 25.6 Å². The minimum Gasteiger partial charge on any atom is -0.493 e. The first kappa shape index (κ1) is 19.8. The molecule has 0 spiro atoms. The van der Waals surface area contributed by atoms with Gasteiger partial charge in [-0.25, -0.2) is 0 Å². The monoisotopic (exact) mass is 340 g/mol. The number of ether oxygens (including phenoxy) is 1. The van der Waals surface area contributed by atoms with Crippen molar-refractivity contribution in [1.29, 1.82) is 0 Å². The lowest BCUT2D eigenvalue weighted by Gasteiger charge is -2.15. The molecular formula is C18H29ClN2O2. The molecule has 23 heavy (non-hydrogen) atoms. The largest absolute Gasteiger partial charge is 0.493 e. The van der Waals surface area contributed by atoms with Crippen molar-refractivity contribution in [2.24, 2.45) is 11.8 Å². The lowest BCUT2D eigenvalue weighted by molar-refractivity contribution is -0.124. The van der Waals surface area contributed by atoms with Crippen molar-refractivity contribution in [2.45, 2.75) is 40.2 Å². The number of carbonyl (C=O) groups is 1. The molecule has 1 aromatic rings. The predicted molar refractivity (Wildman–Crippen MR) is 96.2 cm³/mol. The summed E-state index contributed by atoms with van der Waals surface area (Å²) in [5.74, 6) is 1.77. The molecule has 1 heterocycles. The van der Waals surface area contributed by atoms with Gasteiger partial charge >= 0.3 is 0 Å². The Hall–Kier alpha value is -1.26. The molecule has 0 bridgehead atoms. The molecule has 130 valence electrons. The van der Waals surface area contributed by atoms with Crippen LogP contribution in [0.3, 0.4) is 0 Å². The molecule has 0 aromatic heterocycles. The molecule has 1 fully saturated rings. The van der Waals surface area contributed by atoms with Crippen LogP contribution in [-0.2, 0) is 11.3 Å². The van der Waals surface area contributed by atoms with Crippen LogP contribution >= 0.6 is 12.4 Å². The van der Waals surface area contributed by atoms with Crippen LogP contribution in [0.4, 0.5) is 0 Å². The third kappa shape index (κ3) is 6.40. The van der Waals surface area contributed by atoms with E-state index in [9.17, 15) is 4.79 Å². The molecule has 0 aliphatic carbocycles. The summed E-state index contributed by atoms with van der Waals surface area (Å²) in [5.41, 5.74) is 2.23. The number of hydrogen-bond donors (Lipinski definition) is 2. The predicted octanol–water partition coefficient (Wildman–Crippen LogP) is 3.07. The summed E-state index contributed by atoms with van der Waals surface area (Å²) in [6.07, 6.45) is 1.96. The van der Waals surface area contributed by atoms with E-state index in [0.717, 1.165) is 37.2 Å². The second-order valence-corrected chi connectivity index (χ2v) is 6.55. The summed E-state index contributed by atoms with van der Waals surface area (Å²) in [5, 5.41) is 6.26. The smallest absolute Gasteiger partial charge is 0.224 e. The minimum absolute atomic E-state index is 0. The fourth-order valence-electron chi connectivity index (χ4n) is 2.55. The number of benzene rings is 1. The second kappa shape index (κ2) is 9.78. The summed E-state index contributed by atoms with van der Waals surface area (Å²) >= 11 is 0. The third-order valence-electron chi connectivity index (χ3n) is 4.06. The van der Waals surface area contributed by atoms with Crippen molar-refractivity contribution in [3.63, 3.8) is 0 Å². The van der Waals surface area contributed by atoms with Gasteiger partial charge < -0.3 is 15.4 Å². The number of halogens is 1. The van der Waals surface area contributed by atoms with E-state index in [-0.39, 0.29) is 24.2 Å². The van der Waals surface area contributed by atoms with Gasteiger partial charge in [-0.2, -0.15) is 0 Å². The van der Waals surface area contributed by atoms with Crippen LogP contribution in [0.1, 0.15) is 37.8 Å². The molecular weight excluding hydrogens is 312 g/mol. The van der Waals surface area contributed by atoms with E-state index in [1.54, 1.807) is 0 Å². The number of rotatable bonds is 7. The summed E-state index contributed by atoms with van der Waals surface area (Å²) in [6.45, 7) is 9.42. The highest BCUT2D eigenvalue weighted by atomic mass is 35.5. The van der Waals surface area contributed by atoms with Gasteiger partial charge in [0.2, 0.25) is 5.91 Å². The lowest BCUT2D eigenvalue weighted by atomic mass is 10.1. The standard InChI is InChI=1S/C18H28N2O2.ClH/c1-13(2)7-9-22-17-10-14(3)4-5-15(17)12-20-18(21)16-6-8-19-11-16;/h4-5,10,13,16,19H,6-9,11-12H2,1-3H3,(H,20,21);1H. The van der Waals surface area contributed by atoms with Crippen LogP contribution < -0.4 is 15.4 Å². The molecule has 2 N–H and O–H groups in total. The maximum absolute atomic E-state index is 12.1. The normalized spacial score (nSPS) is 17.0. The Kier molecular flexibility index (Phi) is 8.42. The van der Waals surface area contributed by atoms with Gasteiger partial charge in [-0.05, 0) is 43.9 Å². The Morgan fingerprint density at radius 1 is 1.43 bits per heavy atom. The quantitative estimate of drug-likeness (QED) is 0.802. The van der Waals surface area contributed by atoms with Crippen LogP contribution in [0.15, 0.2) is 18.2 Å². The second-order valence-electron chi connectivity index (χ2n) is 6.55. The molecule has 1 aliphatic rings. The molecule has 0 saturated carbocycles. The van der Waals surface area contributed by atoms with Gasteiger partial charge in [-0.15, -0.1) is 12.4 Å². The summed E-state index contributed by atoms with van der Waals surface area (Å²) < 4.78 is 5.92. The van der Waals surface area contributed by atoms with Gasteiger partial charge in [0.25, 0.3) is 0 Å². The van der Waals surface area contributed by atoms with Gasteiger partial charge in [-0.3, -0.25) is 4.79 Å². The fraction of sp³-hybridized carbons (Fsp3) is 0.611. The molecule has 1 saturated heterocycles. The van der Waals surface area contributed by atoms with Crippen molar-refractivity contribution >= 4 is 18.3 Å². The summed E-state index contributed by atoms with van der Waals surface area (Å²) in [4.78, 5) is 12.1. The van der Waals surface area contributed by atoms with Crippen LogP contribution in [0.25, 0.3) is 0 Å². The molecule has 0 radical (unpaired) electrons. The number of nitrogens with one attached hydrogen (secondary N) is 2. The first-order valence-electron chi connectivity index (χ1n) is 8.27. The van der Waals surface area contributed by atoms with Crippen molar-refractivity contribution in [3.8, 4) is 5.75 Å². The molecule has 1 unspecified atom stereocenters. The Morgan fingerprint density at radius 3 is 2.87 bits per heavy atom. The van der Waals surface area contributed by atoms with E-state index in [1.165, 1.54) is 5.56 Å². The Bertz CT molecular complexity index is 500. The van der Waals surface area contributed by atoms with E-state index in [1.807, 2.05) is 6.07 Å². The van der Waals surface area contributed by atoms with Gasteiger partial charge in [0, 0.05) is 18.7 Å². The van der Waals surface area contributed by atoms with Gasteiger partial charge in [0.1, 0.15) is 5.75 Å². The number of aryl methyl sites for hydroxylation is 1. The maximum Gasteiger partial charge on any atom is 0.224 e. The Morgan fingerprint density at radius 2 is 2.22 bits per heavy atom. The van der Waals surface area contributed by atoms with E-state index in [2.05, 4.69) is 43.5 Å². The zero-order chi connectivity index (χ0) is 15.9. The van der Waals surface area contributed by atoms with E-state index >= 15 is 0 Å². The van der Waals surface area contributed by atoms with Gasteiger partial charge in [-0.1, -0.05) is 26.0 Å². The first-order valence-corrected chi connectivity index (χ1v) is 8.27. The highest BCUT2D eigenvalue weighted by Gasteiger charge is 2.22. The average molecular weight is 341 g/mol. The number of amides is 1. The van der Waals surface area contributed by atoms with Crippen LogP contribution in [0.2, 0.25) is 0 Å². The topological polar surface area (TPSA) is 50.4 Å².